The van der Waals surface area contributed by atoms with Crippen molar-refractivity contribution >= 4 is 52.6 Å². The summed E-state index contributed by atoms with van der Waals surface area (Å²) >= 11 is 13.6. The molecule has 5 rings (SSSR count). The first-order valence-electron chi connectivity index (χ1n) is 13.0. The number of hydrogen-bond donors (Lipinski definition) is 0. The molecule has 0 fully saturated rings. The van der Waals surface area contributed by atoms with Crippen LogP contribution in [0.1, 0.15) is 48.5 Å². The highest BCUT2D eigenvalue weighted by atomic mass is 35.5. The third kappa shape index (κ3) is 5.86. The minimum absolute atomic E-state index is 0.119. The lowest BCUT2D eigenvalue weighted by molar-refractivity contribution is -0.140. The van der Waals surface area contributed by atoms with Gasteiger partial charge >= 0.3 is 11.9 Å². The fourth-order valence-corrected chi connectivity index (χ4v) is 5.94. The Balaban J connectivity index is 1.62. The summed E-state index contributed by atoms with van der Waals surface area (Å²) in [4.78, 5) is 44.3. The van der Waals surface area contributed by atoms with E-state index in [1.54, 1.807) is 67.6 Å². The van der Waals surface area contributed by atoms with Crippen LogP contribution in [-0.4, -0.2) is 30.2 Å². The molecule has 4 aromatic rings. The van der Waals surface area contributed by atoms with Gasteiger partial charge in [0.05, 0.1) is 46.1 Å². The topological polar surface area (TPSA) is 100 Å². The standard InChI is InChI=1S/C31H26Cl2N2O6S/c1-16(2)15-40-30(38)26-17(3)34-31-35(27(26)18-5-7-19(8-6-18)29(37)39-4)28(36)25(42-31)14-21-10-12-24(41-21)22-13-20(32)9-11-23(22)33/h5-14,16,27H,15H2,1-4H3. The smallest absolute Gasteiger partial charge is 0.338 e. The summed E-state index contributed by atoms with van der Waals surface area (Å²) in [5.74, 6) is -0.0107. The maximum atomic E-state index is 13.9. The molecule has 0 amide bonds. The summed E-state index contributed by atoms with van der Waals surface area (Å²) in [5, 5.41) is 0.989. The summed E-state index contributed by atoms with van der Waals surface area (Å²) < 4.78 is 18.2. The van der Waals surface area contributed by atoms with E-state index in [-0.39, 0.29) is 23.7 Å². The molecule has 3 heterocycles. The highest BCUT2D eigenvalue weighted by Crippen LogP contribution is 2.33. The first kappa shape index (κ1) is 29.6. The molecule has 0 aliphatic carbocycles. The molecule has 0 N–H and O–H groups in total. The van der Waals surface area contributed by atoms with Gasteiger partial charge in [0, 0.05) is 16.7 Å². The quantitative estimate of drug-likeness (QED) is 0.241. The summed E-state index contributed by atoms with van der Waals surface area (Å²) in [7, 11) is 1.30. The number of furan rings is 1. The minimum atomic E-state index is -0.827. The number of thiazole rings is 1. The van der Waals surface area contributed by atoms with Crippen LogP contribution in [0.3, 0.4) is 0 Å². The predicted octanol–water partition coefficient (Wildman–Crippen LogP) is 5.79. The Kier molecular flexibility index (Phi) is 8.54. The first-order chi connectivity index (χ1) is 20.1. The highest BCUT2D eigenvalue weighted by Gasteiger charge is 2.33. The number of esters is 2. The van der Waals surface area contributed by atoms with Crippen molar-refractivity contribution in [2.24, 2.45) is 10.9 Å². The van der Waals surface area contributed by atoms with Crippen molar-refractivity contribution < 1.29 is 23.5 Å². The number of benzene rings is 2. The molecule has 2 aromatic carbocycles. The molecule has 0 spiro atoms. The van der Waals surface area contributed by atoms with Gasteiger partial charge in [-0.3, -0.25) is 9.36 Å². The number of carbonyl (C=O) groups is 2. The second kappa shape index (κ2) is 12.1. The van der Waals surface area contributed by atoms with Crippen molar-refractivity contribution in [1.82, 2.24) is 4.57 Å². The summed E-state index contributed by atoms with van der Waals surface area (Å²) in [6, 6.07) is 14.3. The van der Waals surface area contributed by atoms with Crippen LogP contribution >= 0.6 is 34.5 Å². The van der Waals surface area contributed by atoms with E-state index in [0.717, 1.165) is 0 Å². The molecular formula is C31H26Cl2N2O6S. The van der Waals surface area contributed by atoms with Crippen LogP contribution in [0.5, 0.6) is 0 Å². The van der Waals surface area contributed by atoms with Crippen LogP contribution in [-0.2, 0) is 14.3 Å². The van der Waals surface area contributed by atoms with Crippen LogP contribution in [0, 0.1) is 5.92 Å². The number of nitrogens with zero attached hydrogens (tertiary/aromatic N) is 2. The van der Waals surface area contributed by atoms with Gasteiger partial charge in [0.25, 0.3) is 5.56 Å². The molecule has 8 nitrogen and oxygen atoms in total. The Bertz CT molecular complexity index is 1900. The van der Waals surface area contributed by atoms with Crippen molar-refractivity contribution in [2.75, 3.05) is 13.7 Å². The van der Waals surface area contributed by atoms with Crippen LogP contribution in [0.4, 0.5) is 0 Å². The molecule has 11 heteroatoms. The predicted molar refractivity (Wildman–Crippen MR) is 162 cm³/mol. The summed E-state index contributed by atoms with van der Waals surface area (Å²) in [6.07, 6.45) is 1.62. The number of fused-ring (bicyclic) bond motifs is 1. The van der Waals surface area contributed by atoms with Crippen LogP contribution in [0.2, 0.25) is 10.0 Å². The molecule has 0 bridgehead atoms. The molecule has 0 radical (unpaired) electrons. The molecule has 1 atom stereocenters. The highest BCUT2D eigenvalue weighted by molar-refractivity contribution is 7.07. The summed E-state index contributed by atoms with van der Waals surface area (Å²) in [6.45, 7) is 5.80. The van der Waals surface area contributed by atoms with Gasteiger partial charge < -0.3 is 13.9 Å². The lowest BCUT2D eigenvalue weighted by atomic mass is 9.95. The lowest BCUT2D eigenvalue weighted by Gasteiger charge is -2.25. The molecule has 0 saturated carbocycles. The fraction of sp³-hybridized carbons (Fsp3) is 0.226. The largest absolute Gasteiger partial charge is 0.465 e. The first-order valence-corrected chi connectivity index (χ1v) is 14.6. The number of rotatable bonds is 7. The van der Waals surface area contributed by atoms with Gasteiger partial charge in [0.2, 0.25) is 0 Å². The second-order valence-electron chi connectivity index (χ2n) is 10.0. The van der Waals surface area contributed by atoms with Gasteiger partial charge in [-0.25, -0.2) is 14.6 Å². The molecule has 1 unspecified atom stereocenters. The Morgan fingerprint density at radius 1 is 1.10 bits per heavy atom. The van der Waals surface area contributed by atoms with E-state index in [9.17, 15) is 14.4 Å². The Morgan fingerprint density at radius 3 is 2.52 bits per heavy atom. The van der Waals surface area contributed by atoms with E-state index >= 15 is 0 Å². The van der Waals surface area contributed by atoms with E-state index < -0.39 is 18.0 Å². The Labute approximate surface area is 255 Å². The molecule has 216 valence electrons. The number of aromatic nitrogens is 1. The van der Waals surface area contributed by atoms with Crippen LogP contribution in [0.25, 0.3) is 17.4 Å². The van der Waals surface area contributed by atoms with Crippen molar-refractivity contribution in [3.63, 3.8) is 0 Å². The van der Waals surface area contributed by atoms with Gasteiger partial charge in [-0.05, 0) is 60.9 Å². The average Bonchev–Trinajstić information content (AvgIpc) is 3.56. The number of carbonyl (C=O) groups excluding carboxylic acids is 2. The van der Waals surface area contributed by atoms with E-state index in [1.165, 1.54) is 23.0 Å². The molecule has 2 aromatic heterocycles. The van der Waals surface area contributed by atoms with Crippen molar-refractivity contribution in [3.05, 3.63) is 112 Å². The average molecular weight is 626 g/mol. The van der Waals surface area contributed by atoms with Crippen molar-refractivity contribution in [1.29, 1.82) is 0 Å². The van der Waals surface area contributed by atoms with E-state index in [2.05, 4.69) is 4.99 Å². The maximum Gasteiger partial charge on any atom is 0.338 e. The summed E-state index contributed by atoms with van der Waals surface area (Å²) in [5.41, 5.74) is 1.90. The van der Waals surface area contributed by atoms with E-state index in [1.807, 2.05) is 13.8 Å². The number of allylic oxidation sites excluding steroid dienone is 1. The number of ether oxygens (including phenoxy) is 2. The zero-order valence-corrected chi connectivity index (χ0v) is 25.5. The van der Waals surface area contributed by atoms with E-state index in [4.69, 9.17) is 37.1 Å². The molecule has 42 heavy (non-hydrogen) atoms. The number of methoxy groups -OCH3 is 1. The van der Waals surface area contributed by atoms with Gasteiger partial charge in [0.1, 0.15) is 11.5 Å². The maximum absolute atomic E-state index is 13.9. The zero-order valence-electron chi connectivity index (χ0n) is 23.1. The normalized spacial score (nSPS) is 15.0. The van der Waals surface area contributed by atoms with Crippen molar-refractivity contribution in [2.45, 2.75) is 26.8 Å². The Morgan fingerprint density at radius 2 is 1.83 bits per heavy atom. The third-order valence-corrected chi connectivity index (χ3v) is 8.08. The van der Waals surface area contributed by atoms with Gasteiger partial charge in [-0.2, -0.15) is 0 Å². The second-order valence-corrected chi connectivity index (χ2v) is 11.9. The van der Waals surface area contributed by atoms with Crippen molar-refractivity contribution in [3.8, 4) is 11.3 Å². The fourth-order valence-electron chi connectivity index (χ4n) is 4.53. The monoisotopic (exact) mass is 624 g/mol. The molecule has 1 aliphatic heterocycles. The molecule has 0 saturated heterocycles. The number of hydrogen-bond acceptors (Lipinski definition) is 8. The van der Waals surface area contributed by atoms with Gasteiger partial charge in [-0.1, -0.05) is 60.5 Å². The molecular weight excluding hydrogens is 599 g/mol. The lowest BCUT2D eigenvalue weighted by Crippen LogP contribution is -2.40. The van der Waals surface area contributed by atoms with E-state index in [0.29, 0.717) is 53.3 Å². The van der Waals surface area contributed by atoms with Gasteiger partial charge in [-0.15, -0.1) is 0 Å². The molecule has 1 aliphatic rings. The number of halogens is 2. The zero-order chi connectivity index (χ0) is 30.1. The van der Waals surface area contributed by atoms with Crippen LogP contribution in [0.15, 0.2) is 80.1 Å². The SMILES string of the molecule is COC(=O)c1ccc(C2C(C(=O)OCC(C)C)=C(C)N=c3sc(=Cc4ccc(-c5cc(Cl)ccc5Cl)o4)c(=O)n32)cc1. The van der Waals surface area contributed by atoms with Crippen LogP contribution < -0.4 is 14.9 Å². The minimum Gasteiger partial charge on any atom is -0.465 e. The van der Waals surface area contributed by atoms with Gasteiger partial charge in [0.15, 0.2) is 4.80 Å². The third-order valence-electron chi connectivity index (χ3n) is 6.53. The Hall–Kier alpha value is -3.92.